The number of aromatic nitrogens is 3. The van der Waals surface area contributed by atoms with Gasteiger partial charge in [0, 0.05) is 61.1 Å². The van der Waals surface area contributed by atoms with Gasteiger partial charge in [0.2, 0.25) is 0 Å². The third-order valence-corrected chi connectivity index (χ3v) is 9.09. The van der Waals surface area contributed by atoms with Crippen LogP contribution in [0.5, 0.6) is 0 Å². The number of piperazine rings is 1. The molecule has 4 aromatic rings. The Hall–Kier alpha value is -2.71. The molecule has 3 heterocycles. The SMILES string of the molecule is CN1CCN(C2CCC(n3cc(-c4ccc(-c5cccc(Cl)c5Cl)c(F)c4)c4c(N)ncnc43)CC2)CC1. The maximum Gasteiger partial charge on any atom is 0.146 e. The van der Waals surface area contributed by atoms with E-state index in [-0.39, 0.29) is 5.82 Å². The molecule has 0 radical (unpaired) electrons. The number of rotatable bonds is 4. The van der Waals surface area contributed by atoms with Crippen molar-refractivity contribution in [2.24, 2.45) is 0 Å². The fourth-order valence-corrected chi connectivity index (χ4v) is 6.51. The molecule has 198 valence electrons. The first-order valence-electron chi connectivity index (χ1n) is 13.2. The van der Waals surface area contributed by atoms with E-state index >= 15 is 4.39 Å². The average molecular weight is 554 g/mol. The van der Waals surface area contributed by atoms with Gasteiger partial charge < -0.3 is 15.2 Å². The molecule has 1 aliphatic carbocycles. The zero-order chi connectivity index (χ0) is 26.4. The number of halogens is 3. The van der Waals surface area contributed by atoms with Gasteiger partial charge in [-0.15, -0.1) is 0 Å². The molecular formula is C29H31Cl2FN6. The van der Waals surface area contributed by atoms with Crippen LogP contribution in [0.1, 0.15) is 31.7 Å². The second-order valence-corrected chi connectivity index (χ2v) is 11.3. The molecule has 0 bridgehead atoms. The molecule has 0 spiro atoms. The lowest BCUT2D eigenvalue weighted by molar-refractivity contribution is 0.0828. The number of hydrogen-bond acceptors (Lipinski definition) is 5. The average Bonchev–Trinajstić information content (AvgIpc) is 3.32. The van der Waals surface area contributed by atoms with Gasteiger partial charge in [0.15, 0.2) is 0 Å². The van der Waals surface area contributed by atoms with Crippen molar-refractivity contribution >= 4 is 40.1 Å². The van der Waals surface area contributed by atoms with E-state index in [2.05, 4.69) is 37.6 Å². The second-order valence-electron chi connectivity index (χ2n) is 10.5. The Bertz CT molecular complexity index is 1470. The number of fused-ring (bicyclic) bond motifs is 1. The van der Waals surface area contributed by atoms with Crippen molar-refractivity contribution in [3.8, 4) is 22.3 Å². The molecule has 0 unspecified atom stereocenters. The molecule has 1 saturated heterocycles. The van der Waals surface area contributed by atoms with Crippen LogP contribution in [-0.4, -0.2) is 63.6 Å². The van der Waals surface area contributed by atoms with Crippen molar-refractivity contribution in [3.63, 3.8) is 0 Å². The summed E-state index contributed by atoms with van der Waals surface area (Å²) in [4.78, 5) is 13.9. The highest BCUT2D eigenvalue weighted by Gasteiger charge is 2.30. The van der Waals surface area contributed by atoms with Crippen LogP contribution >= 0.6 is 23.2 Å². The molecule has 2 fully saturated rings. The standard InChI is InChI=1S/C29H31Cl2FN6/c1-36-11-13-37(14-12-36)19-6-8-20(9-7-19)38-16-23(26-28(33)34-17-35-29(26)38)18-5-10-21(25(32)15-18)22-3-2-4-24(30)27(22)31/h2-5,10,15-17,19-20H,6-9,11-14H2,1H3,(H2,33,34,35). The summed E-state index contributed by atoms with van der Waals surface area (Å²) >= 11 is 12.5. The summed E-state index contributed by atoms with van der Waals surface area (Å²) < 4.78 is 17.7. The minimum Gasteiger partial charge on any atom is -0.383 e. The van der Waals surface area contributed by atoms with E-state index in [4.69, 9.17) is 28.9 Å². The van der Waals surface area contributed by atoms with Gasteiger partial charge in [-0.2, -0.15) is 0 Å². The second kappa shape index (κ2) is 10.5. The summed E-state index contributed by atoms with van der Waals surface area (Å²) in [5.41, 5.74) is 9.68. The first-order chi connectivity index (χ1) is 18.4. The van der Waals surface area contributed by atoms with Gasteiger partial charge in [-0.05, 0) is 50.4 Å². The molecule has 0 amide bonds. The largest absolute Gasteiger partial charge is 0.383 e. The van der Waals surface area contributed by atoms with Crippen LogP contribution < -0.4 is 5.73 Å². The van der Waals surface area contributed by atoms with E-state index in [1.54, 1.807) is 24.3 Å². The van der Waals surface area contributed by atoms with Crippen molar-refractivity contribution in [2.45, 2.75) is 37.8 Å². The van der Waals surface area contributed by atoms with Gasteiger partial charge in [0.25, 0.3) is 0 Å². The van der Waals surface area contributed by atoms with Crippen molar-refractivity contribution in [1.29, 1.82) is 0 Å². The third-order valence-electron chi connectivity index (χ3n) is 8.27. The molecule has 2 aromatic heterocycles. The minimum atomic E-state index is -0.379. The highest BCUT2D eigenvalue weighted by Crippen LogP contribution is 2.41. The molecule has 2 N–H and O–H groups in total. The number of nitrogen functional groups attached to an aromatic ring is 1. The summed E-state index contributed by atoms with van der Waals surface area (Å²) in [5, 5.41) is 1.49. The van der Waals surface area contributed by atoms with Crippen LogP contribution in [0.4, 0.5) is 10.2 Å². The molecule has 2 aliphatic rings. The van der Waals surface area contributed by atoms with Crippen LogP contribution in [0.15, 0.2) is 48.9 Å². The maximum atomic E-state index is 15.5. The number of benzene rings is 2. The topological polar surface area (TPSA) is 63.2 Å². The van der Waals surface area contributed by atoms with E-state index in [0.29, 0.717) is 39.1 Å². The van der Waals surface area contributed by atoms with Crippen molar-refractivity contribution in [1.82, 2.24) is 24.3 Å². The Morgan fingerprint density at radius 2 is 1.63 bits per heavy atom. The molecule has 1 saturated carbocycles. The first-order valence-corrected chi connectivity index (χ1v) is 13.9. The summed E-state index contributed by atoms with van der Waals surface area (Å²) in [6.07, 6.45) is 8.06. The number of hydrogen-bond donors (Lipinski definition) is 1. The first kappa shape index (κ1) is 25.6. The third kappa shape index (κ3) is 4.66. The quantitative estimate of drug-likeness (QED) is 0.312. The highest BCUT2D eigenvalue weighted by molar-refractivity contribution is 6.43. The Morgan fingerprint density at radius 1 is 0.895 bits per heavy atom. The Labute approximate surface area is 232 Å². The molecule has 38 heavy (non-hydrogen) atoms. The van der Waals surface area contributed by atoms with Gasteiger partial charge in [-0.25, -0.2) is 14.4 Å². The number of anilines is 1. The molecule has 6 rings (SSSR count). The maximum absolute atomic E-state index is 15.5. The van der Waals surface area contributed by atoms with Crippen molar-refractivity contribution in [3.05, 3.63) is 64.8 Å². The predicted molar refractivity (Wildman–Crippen MR) is 153 cm³/mol. The van der Waals surface area contributed by atoms with Crippen molar-refractivity contribution in [2.75, 3.05) is 39.0 Å². The van der Waals surface area contributed by atoms with Crippen LogP contribution in [0.3, 0.4) is 0 Å². The molecule has 1 aliphatic heterocycles. The Kier molecular flexibility index (Phi) is 7.03. The van der Waals surface area contributed by atoms with Gasteiger partial charge >= 0.3 is 0 Å². The summed E-state index contributed by atoms with van der Waals surface area (Å²) in [6, 6.07) is 11.3. The lowest BCUT2D eigenvalue weighted by Gasteiger charge is -2.41. The zero-order valence-electron chi connectivity index (χ0n) is 21.4. The molecule has 6 nitrogen and oxygen atoms in total. The number of nitrogens with zero attached hydrogens (tertiary/aromatic N) is 5. The Balaban J connectivity index is 1.31. The fourth-order valence-electron chi connectivity index (χ4n) is 6.11. The molecular weight excluding hydrogens is 522 g/mol. The van der Waals surface area contributed by atoms with Crippen LogP contribution in [0.25, 0.3) is 33.3 Å². The fraction of sp³-hybridized carbons (Fsp3) is 0.379. The lowest BCUT2D eigenvalue weighted by Crippen LogP contribution is -2.49. The summed E-state index contributed by atoms with van der Waals surface area (Å²) in [6.45, 7) is 4.57. The summed E-state index contributed by atoms with van der Waals surface area (Å²) in [7, 11) is 2.20. The number of nitrogens with two attached hydrogens (primary N) is 1. The van der Waals surface area contributed by atoms with E-state index in [0.717, 1.165) is 74.0 Å². The van der Waals surface area contributed by atoms with E-state index in [9.17, 15) is 0 Å². The Morgan fingerprint density at radius 3 is 2.37 bits per heavy atom. The minimum absolute atomic E-state index is 0.318. The smallest absolute Gasteiger partial charge is 0.146 e. The number of likely N-dealkylation sites (N-methyl/N-ethyl adjacent to an activating group) is 1. The van der Waals surface area contributed by atoms with Gasteiger partial charge in [0.1, 0.15) is 23.6 Å². The predicted octanol–water partition coefficient (Wildman–Crippen LogP) is 6.52. The van der Waals surface area contributed by atoms with Crippen molar-refractivity contribution < 1.29 is 4.39 Å². The van der Waals surface area contributed by atoms with Gasteiger partial charge in [-0.3, -0.25) is 4.90 Å². The molecule has 0 atom stereocenters. The monoisotopic (exact) mass is 552 g/mol. The van der Waals surface area contributed by atoms with Crippen LogP contribution in [0, 0.1) is 5.82 Å². The normalized spacial score (nSPS) is 21.3. The van der Waals surface area contributed by atoms with E-state index in [1.165, 1.54) is 12.4 Å². The molecule has 9 heteroatoms. The zero-order valence-corrected chi connectivity index (χ0v) is 22.9. The van der Waals surface area contributed by atoms with Gasteiger partial charge in [0.05, 0.1) is 15.4 Å². The van der Waals surface area contributed by atoms with Gasteiger partial charge in [-0.1, -0.05) is 47.5 Å². The van der Waals surface area contributed by atoms with E-state index < -0.39 is 0 Å². The van der Waals surface area contributed by atoms with E-state index in [1.807, 2.05) is 6.07 Å². The lowest BCUT2D eigenvalue weighted by atomic mass is 9.89. The molecule has 2 aromatic carbocycles. The van der Waals surface area contributed by atoms with Crippen LogP contribution in [0.2, 0.25) is 10.0 Å². The summed E-state index contributed by atoms with van der Waals surface area (Å²) in [5.74, 6) is 0.0212. The van der Waals surface area contributed by atoms with Crippen LogP contribution in [-0.2, 0) is 0 Å². The highest BCUT2D eigenvalue weighted by atomic mass is 35.5.